The molecule has 1 fully saturated rings. The Bertz CT molecular complexity index is 394. The first-order valence-electron chi connectivity index (χ1n) is 5.82. The molecule has 1 aromatic rings. The summed E-state index contributed by atoms with van der Waals surface area (Å²) >= 11 is 1.11. The normalized spacial score (nSPS) is 20.6. The van der Waals surface area contributed by atoms with Crippen molar-refractivity contribution in [2.24, 2.45) is 0 Å². The van der Waals surface area contributed by atoms with Crippen molar-refractivity contribution < 1.29 is 4.79 Å². The van der Waals surface area contributed by atoms with Gasteiger partial charge in [-0.1, -0.05) is 18.3 Å². The molecule has 0 spiro atoms. The van der Waals surface area contributed by atoms with E-state index in [1.54, 1.807) is 0 Å². The lowest BCUT2D eigenvalue weighted by Gasteiger charge is -2.22. The molecule has 1 saturated heterocycles. The topological polar surface area (TPSA) is 84.1 Å². The van der Waals surface area contributed by atoms with Crippen molar-refractivity contribution in [1.29, 1.82) is 0 Å². The largest absolute Gasteiger partial charge is 0.374 e. The van der Waals surface area contributed by atoms with Crippen molar-refractivity contribution >= 4 is 22.4 Å². The average Bonchev–Trinajstić information content (AvgIpc) is 2.94. The molecule has 0 bridgehead atoms. The number of likely N-dealkylation sites (N-methyl/N-ethyl adjacent to an activating group) is 1. The molecule has 1 amide bonds. The Hall–Kier alpha value is -1.21. The molecular formula is C10H17N5OS. The lowest BCUT2D eigenvalue weighted by molar-refractivity contribution is 0.0940. The van der Waals surface area contributed by atoms with Crippen LogP contribution >= 0.6 is 11.3 Å². The van der Waals surface area contributed by atoms with Crippen LogP contribution in [0.3, 0.4) is 0 Å². The van der Waals surface area contributed by atoms with Crippen LogP contribution in [-0.4, -0.2) is 46.7 Å². The standard InChI is InChI=1S/C10H17N5OS/c1-2-15-5-3-4-7(15)6-12-8(16)9-13-14-10(11)17-9/h7H,2-6H2,1H3,(H2,11,14)(H,12,16). The second-order valence-electron chi connectivity index (χ2n) is 4.08. The number of likely N-dealkylation sites (tertiary alicyclic amines) is 1. The molecule has 7 heteroatoms. The highest BCUT2D eigenvalue weighted by molar-refractivity contribution is 7.16. The third-order valence-electron chi connectivity index (χ3n) is 3.04. The van der Waals surface area contributed by atoms with Gasteiger partial charge in [-0.15, -0.1) is 10.2 Å². The van der Waals surface area contributed by atoms with Gasteiger partial charge in [-0.25, -0.2) is 0 Å². The first-order chi connectivity index (χ1) is 8.20. The Morgan fingerprint density at radius 2 is 2.47 bits per heavy atom. The van der Waals surface area contributed by atoms with Gasteiger partial charge in [-0.3, -0.25) is 9.69 Å². The summed E-state index contributed by atoms with van der Waals surface area (Å²) in [6, 6.07) is 0.453. The number of hydrogen-bond donors (Lipinski definition) is 2. The number of nitrogen functional groups attached to an aromatic ring is 1. The Morgan fingerprint density at radius 1 is 1.65 bits per heavy atom. The van der Waals surface area contributed by atoms with Gasteiger partial charge >= 0.3 is 0 Å². The van der Waals surface area contributed by atoms with Crippen LogP contribution in [0.25, 0.3) is 0 Å². The van der Waals surface area contributed by atoms with E-state index in [1.807, 2.05) is 0 Å². The summed E-state index contributed by atoms with van der Waals surface area (Å²) in [6.45, 7) is 4.98. The van der Waals surface area contributed by atoms with Crippen LogP contribution in [0.1, 0.15) is 29.6 Å². The molecule has 6 nitrogen and oxygen atoms in total. The van der Waals surface area contributed by atoms with Crippen LogP contribution in [0.2, 0.25) is 0 Å². The van der Waals surface area contributed by atoms with Gasteiger partial charge in [0.25, 0.3) is 5.91 Å². The summed E-state index contributed by atoms with van der Waals surface area (Å²) in [5.74, 6) is -0.179. The van der Waals surface area contributed by atoms with Gasteiger partial charge in [0.1, 0.15) is 0 Å². The maximum Gasteiger partial charge on any atom is 0.282 e. The molecule has 2 heterocycles. The van der Waals surface area contributed by atoms with E-state index < -0.39 is 0 Å². The summed E-state index contributed by atoms with van der Waals surface area (Å²) < 4.78 is 0. The van der Waals surface area contributed by atoms with E-state index in [0.29, 0.717) is 22.7 Å². The van der Waals surface area contributed by atoms with Crippen molar-refractivity contribution in [2.45, 2.75) is 25.8 Å². The van der Waals surface area contributed by atoms with Crippen LogP contribution in [0.4, 0.5) is 5.13 Å². The molecule has 2 rings (SSSR count). The summed E-state index contributed by atoms with van der Waals surface area (Å²) in [5, 5.41) is 10.9. The van der Waals surface area contributed by atoms with Crippen molar-refractivity contribution in [2.75, 3.05) is 25.4 Å². The summed E-state index contributed by atoms with van der Waals surface area (Å²) in [4.78, 5) is 14.1. The molecule has 0 radical (unpaired) electrons. The van der Waals surface area contributed by atoms with Crippen LogP contribution in [-0.2, 0) is 0 Å². The molecule has 0 aromatic carbocycles. The van der Waals surface area contributed by atoms with Gasteiger partial charge in [0.15, 0.2) is 0 Å². The number of nitrogens with two attached hydrogens (primary N) is 1. The monoisotopic (exact) mass is 255 g/mol. The third kappa shape index (κ3) is 2.92. The fourth-order valence-corrected chi connectivity index (χ4v) is 2.68. The SMILES string of the molecule is CCN1CCCC1CNC(=O)c1nnc(N)s1. The van der Waals surface area contributed by atoms with E-state index in [4.69, 9.17) is 5.73 Å². The van der Waals surface area contributed by atoms with E-state index in [0.717, 1.165) is 30.8 Å². The molecule has 3 N–H and O–H groups in total. The molecule has 94 valence electrons. The Kier molecular flexibility index (Phi) is 3.90. The number of carbonyl (C=O) groups excluding carboxylic acids is 1. The van der Waals surface area contributed by atoms with Crippen LogP contribution in [0.15, 0.2) is 0 Å². The summed E-state index contributed by atoms with van der Waals surface area (Å²) in [7, 11) is 0. The molecule has 1 aliphatic rings. The number of nitrogens with one attached hydrogen (secondary N) is 1. The van der Waals surface area contributed by atoms with Gasteiger partial charge in [0, 0.05) is 12.6 Å². The molecule has 1 aromatic heterocycles. The first-order valence-corrected chi connectivity index (χ1v) is 6.63. The van der Waals surface area contributed by atoms with E-state index in [1.165, 1.54) is 6.42 Å². The third-order valence-corrected chi connectivity index (χ3v) is 3.79. The van der Waals surface area contributed by atoms with Gasteiger partial charge in [0.2, 0.25) is 10.1 Å². The molecule has 0 aliphatic carbocycles. The zero-order valence-corrected chi connectivity index (χ0v) is 10.7. The van der Waals surface area contributed by atoms with Gasteiger partial charge in [0.05, 0.1) is 0 Å². The van der Waals surface area contributed by atoms with E-state index in [2.05, 4.69) is 27.3 Å². The minimum Gasteiger partial charge on any atom is -0.374 e. The molecule has 1 unspecified atom stereocenters. The summed E-state index contributed by atoms with van der Waals surface area (Å²) in [5.41, 5.74) is 5.43. The smallest absolute Gasteiger partial charge is 0.282 e. The van der Waals surface area contributed by atoms with Crippen molar-refractivity contribution in [3.8, 4) is 0 Å². The minimum absolute atomic E-state index is 0.179. The lowest BCUT2D eigenvalue weighted by atomic mass is 10.2. The van der Waals surface area contributed by atoms with Crippen LogP contribution in [0, 0.1) is 0 Å². The Morgan fingerprint density at radius 3 is 3.12 bits per heavy atom. The van der Waals surface area contributed by atoms with Crippen molar-refractivity contribution in [3.63, 3.8) is 0 Å². The first kappa shape index (κ1) is 12.3. The maximum atomic E-state index is 11.7. The molecule has 1 atom stereocenters. The molecule has 1 aliphatic heterocycles. The highest BCUT2D eigenvalue weighted by atomic mass is 32.1. The number of aromatic nitrogens is 2. The Balaban J connectivity index is 1.84. The highest BCUT2D eigenvalue weighted by Gasteiger charge is 2.23. The number of carbonyl (C=O) groups is 1. The van der Waals surface area contributed by atoms with E-state index in [9.17, 15) is 4.79 Å². The zero-order chi connectivity index (χ0) is 12.3. The summed E-state index contributed by atoms with van der Waals surface area (Å²) in [6.07, 6.45) is 2.35. The predicted octanol–water partition coefficient (Wildman–Crippen LogP) is 0.334. The highest BCUT2D eigenvalue weighted by Crippen LogP contribution is 2.16. The number of rotatable bonds is 4. The van der Waals surface area contributed by atoms with Gasteiger partial charge in [-0.2, -0.15) is 0 Å². The minimum atomic E-state index is -0.179. The number of hydrogen-bond acceptors (Lipinski definition) is 6. The second kappa shape index (κ2) is 5.42. The lowest BCUT2D eigenvalue weighted by Crippen LogP contribution is -2.40. The fourth-order valence-electron chi connectivity index (χ4n) is 2.16. The second-order valence-corrected chi connectivity index (χ2v) is 5.09. The van der Waals surface area contributed by atoms with Crippen LogP contribution in [0.5, 0.6) is 0 Å². The quantitative estimate of drug-likeness (QED) is 0.810. The van der Waals surface area contributed by atoms with Crippen LogP contribution < -0.4 is 11.1 Å². The maximum absolute atomic E-state index is 11.7. The van der Waals surface area contributed by atoms with Gasteiger partial charge in [-0.05, 0) is 25.9 Å². The van der Waals surface area contributed by atoms with E-state index >= 15 is 0 Å². The molecular weight excluding hydrogens is 238 g/mol. The average molecular weight is 255 g/mol. The predicted molar refractivity (Wildman–Crippen MR) is 66.9 cm³/mol. The number of amides is 1. The molecule has 0 saturated carbocycles. The zero-order valence-electron chi connectivity index (χ0n) is 9.85. The van der Waals surface area contributed by atoms with Gasteiger partial charge < -0.3 is 11.1 Å². The molecule has 17 heavy (non-hydrogen) atoms. The van der Waals surface area contributed by atoms with E-state index in [-0.39, 0.29) is 5.91 Å². The fraction of sp³-hybridized carbons (Fsp3) is 0.700. The number of nitrogens with zero attached hydrogens (tertiary/aromatic N) is 3. The number of anilines is 1. The van der Waals surface area contributed by atoms with Crippen molar-refractivity contribution in [3.05, 3.63) is 5.01 Å². The van der Waals surface area contributed by atoms with Crippen molar-refractivity contribution in [1.82, 2.24) is 20.4 Å². The Labute approximate surface area is 104 Å².